The molecule has 2 amide bonds. The minimum Gasteiger partial charge on any atom is -0.394 e. The average Bonchev–Trinajstić information content (AvgIpc) is 2.52. The number of fused-ring (bicyclic) bond motifs is 1. The molecule has 1 aliphatic rings. The van der Waals surface area contributed by atoms with E-state index >= 15 is 0 Å². The molecule has 1 aliphatic carbocycles. The van der Waals surface area contributed by atoms with E-state index < -0.39 is 6.10 Å². The van der Waals surface area contributed by atoms with Crippen molar-refractivity contribution in [1.29, 1.82) is 0 Å². The number of hydrogen-bond donors (Lipinski definition) is 3. The minimum atomic E-state index is -0.629. The summed E-state index contributed by atoms with van der Waals surface area (Å²) >= 11 is 0. The first-order valence-corrected chi connectivity index (χ1v) is 8.37. The second-order valence-corrected chi connectivity index (χ2v) is 6.63. The van der Waals surface area contributed by atoms with Crippen LogP contribution in [0.4, 0.5) is 4.79 Å². The fourth-order valence-corrected chi connectivity index (χ4v) is 3.15. The fourth-order valence-electron chi connectivity index (χ4n) is 3.15. The number of hydrogen-bond acceptors (Lipinski definition) is 3. The van der Waals surface area contributed by atoms with Crippen molar-refractivity contribution in [3.8, 4) is 0 Å². The Kier molecular flexibility index (Phi) is 6.02. The number of nitrogens with zero attached hydrogens (tertiary/aromatic N) is 1. The number of aryl methyl sites for hydroxylation is 2. The highest BCUT2D eigenvalue weighted by atomic mass is 16.3. The van der Waals surface area contributed by atoms with E-state index in [1.165, 1.54) is 21.6 Å². The summed E-state index contributed by atoms with van der Waals surface area (Å²) in [6.07, 6.45) is 2.38. The van der Waals surface area contributed by atoms with Crippen LogP contribution in [0.3, 0.4) is 0 Å². The van der Waals surface area contributed by atoms with Crippen LogP contribution in [0.2, 0.25) is 0 Å². The molecule has 0 heterocycles. The highest BCUT2D eigenvalue weighted by Crippen LogP contribution is 2.30. The summed E-state index contributed by atoms with van der Waals surface area (Å²) in [6, 6.07) is 5.84. The van der Waals surface area contributed by atoms with Gasteiger partial charge in [-0.1, -0.05) is 23.8 Å². The quantitative estimate of drug-likeness (QED) is 0.778. The van der Waals surface area contributed by atoms with E-state index in [0.717, 1.165) is 19.3 Å². The summed E-state index contributed by atoms with van der Waals surface area (Å²) in [5, 5.41) is 22.1. The molecule has 5 nitrogen and oxygen atoms in total. The molecule has 2 rings (SSSR count). The highest BCUT2D eigenvalue weighted by Gasteiger charge is 2.26. The summed E-state index contributed by atoms with van der Waals surface area (Å²) in [5.41, 5.74) is 3.68. The van der Waals surface area contributed by atoms with Crippen molar-refractivity contribution in [3.05, 3.63) is 34.9 Å². The molecule has 0 aliphatic heterocycles. The topological polar surface area (TPSA) is 72.8 Å². The molecular weight excluding hydrogens is 292 g/mol. The van der Waals surface area contributed by atoms with Gasteiger partial charge in [0, 0.05) is 6.54 Å². The lowest BCUT2D eigenvalue weighted by atomic mass is 9.87. The minimum absolute atomic E-state index is 0.00598. The SMILES string of the molecule is Cc1ccc2c(c1)[C@H](NC(=O)N(C[C@@H](C)O)[C@H](C)CO)CCC2. The van der Waals surface area contributed by atoms with Crippen LogP contribution in [-0.4, -0.2) is 46.4 Å². The molecule has 128 valence electrons. The van der Waals surface area contributed by atoms with Gasteiger partial charge in [-0.3, -0.25) is 0 Å². The molecule has 0 fully saturated rings. The molecule has 0 saturated heterocycles. The number of amides is 2. The van der Waals surface area contributed by atoms with Crippen molar-refractivity contribution in [2.75, 3.05) is 13.2 Å². The first-order valence-electron chi connectivity index (χ1n) is 8.37. The van der Waals surface area contributed by atoms with Gasteiger partial charge in [0.2, 0.25) is 0 Å². The van der Waals surface area contributed by atoms with Gasteiger partial charge in [0.05, 0.1) is 24.8 Å². The Bertz CT molecular complexity index is 545. The largest absolute Gasteiger partial charge is 0.394 e. The van der Waals surface area contributed by atoms with Crippen LogP contribution in [0.5, 0.6) is 0 Å². The second kappa shape index (κ2) is 7.79. The number of aliphatic hydroxyl groups is 2. The first-order chi connectivity index (χ1) is 10.9. The number of urea groups is 1. The summed E-state index contributed by atoms with van der Waals surface area (Å²) in [7, 11) is 0. The maximum atomic E-state index is 12.6. The van der Waals surface area contributed by atoms with Crippen LogP contribution in [0.1, 0.15) is 49.4 Å². The van der Waals surface area contributed by atoms with Crippen molar-refractivity contribution in [2.24, 2.45) is 0 Å². The Hall–Kier alpha value is -1.59. The van der Waals surface area contributed by atoms with Crippen molar-refractivity contribution < 1.29 is 15.0 Å². The number of aliphatic hydroxyl groups excluding tert-OH is 2. The summed E-state index contributed by atoms with van der Waals surface area (Å²) in [6.45, 7) is 5.56. The molecule has 3 atom stereocenters. The van der Waals surface area contributed by atoms with Crippen molar-refractivity contribution in [1.82, 2.24) is 10.2 Å². The van der Waals surface area contributed by atoms with E-state index in [4.69, 9.17) is 0 Å². The Morgan fingerprint density at radius 2 is 2.17 bits per heavy atom. The van der Waals surface area contributed by atoms with Gasteiger partial charge in [-0.05, 0) is 51.2 Å². The molecular formula is C18H28N2O3. The average molecular weight is 320 g/mol. The standard InChI is InChI=1S/C18H28N2O3/c1-12-7-8-15-5-4-6-17(16(15)9-12)19-18(23)20(10-14(3)22)13(2)11-21/h7-9,13-14,17,21-22H,4-6,10-11H2,1-3H3,(H,19,23)/t13-,14-,17-/m1/s1. The fraction of sp³-hybridized carbons (Fsp3) is 0.611. The molecule has 0 unspecified atom stereocenters. The summed E-state index contributed by atoms with van der Waals surface area (Å²) in [4.78, 5) is 14.1. The zero-order chi connectivity index (χ0) is 17.0. The van der Waals surface area contributed by atoms with Gasteiger partial charge in [-0.2, -0.15) is 0 Å². The molecule has 5 heteroatoms. The van der Waals surface area contributed by atoms with E-state index in [9.17, 15) is 15.0 Å². The first kappa shape index (κ1) is 17.8. The van der Waals surface area contributed by atoms with Gasteiger partial charge in [-0.25, -0.2) is 4.79 Å². The molecule has 0 aromatic heterocycles. The van der Waals surface area contributed by atoms with Gasteiger partial charge in [0.25, 0.3) is 0 Å². The van der Waals surface area contributed by atoms with Crippen LogP contribution in [0.25, 0.3) is 0 Å². The van der Waals surface area contributed by atoms with Crippen molar-refractivity contribution in [2.45, 2.75) is 58.2 Å². The Balaban J connectivity index is 2.14. The lowest BCUT2D eigenvalue weighted by Crippen LogP contribution is -2.50. The zero-order valence-electron chi connectivity index (χ0n) is 14.2. The van der Waals surface area contributed by atoms with E-state index in [1.54, 1.807) is 13.8 Å². The molecule has 3 N–H and O–H groups in total. The third-order valence-corrected chi connectivity index (χ3v) is 4.43. The van der Waals surface area contributed by atoms with Crippen LogP contribution in [0, 0.1) is 6.92 Å². The van der Waals surface area contributed by atoms with Gasteiger partial charge in [0.1, 0.15) is 0 Å². The van der Waals surface area contributed by atoms with Gasteiger partial charge >= 0.3 is 6.03 Å². The monoisotopic (exact) mass is 320 g/mol. The zero-order valence-corrected chi connectivity index (χ0v) is 14.2. The predicted molar refractivity (Wildman–Crippen MR) is 90.3 cm³/mol. The van der Waals surface area contributed by atoms with Gasteiger partial charge < -0.3 is 20.4 Å². The Labute approximate surface area is 138 Å². The predicted octanol–water partition coefficient (Wildman–Crippen LogP) is 2.15. The number of carbonyl (C=O) groups excluding carboxylic acids is 1. The molecule has 1 aromatic rings. The molecule has 1 aromatic carbocycles. The smallest absolute Gasteiger partial charge is 0.318 e. The molecule has 23 heavy (non-hydrogen) atoms. The van der Waals surface area contributed by atoms with Crippen LogP contribution in [0.15, 0.2) is 18.2 Å². The Morgan fingerprint density at radius 3 is 2.83 bits per heavy atom. The number of nitrogens with one attached hydrogen (secondary N) is 1. The van der Waals surface area contributed by atoms with Crippen LogP contribution < -0.4 is 5.32 Å². The number of rotatable bonds is 5. The lowest BCUT2D eigenvalue weighted by molar-refractivity contribution is 0.0920. The normalized spacial score (nSPS) is 19.6. The van der Waals surface area contributed by atoms with Crippen LogP contribution in [-0.2, 0) is 6.42 Å². The van der Waals surface area contributed by atoms with E-state index in [-0.39, 0.29) is 31.3 Å². The van der Waals surface area contributed by atoms with Crippen molar-refractivity contribution >= 4 is 6.03 Å². The summed E-state index contributed by atoms with van der Waals surface area (Å²) < 4.78 is 0. The Morgan fingerprint density at radius 1 is 1.43 bits per heavy atom. The van der Waals surface area contributed by atoms with E-state index in [2.05, 4.69) is 30.4 Å². The third kappa shape index (κ3) is 4.45. The lowest BCUT2D eigenvalue weighted by Gasteiger charge is -2.33. The molecule has 0 bridgehead atoms. The van der Waals surface area contributed by atoms with E-state index in [0.29, 0.717) is 0 Å². The summed E-state index contributed by atoms with van der Waals surface area (Å²) in [5.74, 6) is 0. The van der Waals surface area contributed by atoms with Gasteiger partial charge in [-0.15, -0.1) is 0 Å². The third-order valence-electron chi connectivity index (χ3n) is 4.43. The maximum absolute atomic E-state index is 12.6. The number of carbonyl (C=O) groups is 1. The molecule has 0 saturated carbocycles. The van der Waals surface area contributed by atoms with Crippen LogP contribution >= 0.6 is 0 Å². The van der Waals surface area contributed by atoms with Gasteiger partial charge in [0.15, 0.2) is 0 Å². The van der Waals surface area contributed by atoms with Crippen molar-refractivity contribution in [3.63, 3.8) is 0 Å². The maximum Gasteiger partial charge on any atom is 0.318 e. The van der Waals surface area contributed by atoms with E-state index in [1.807, 2.05) is 0 Å². The molecule has 0 spiro atoms. The number of benzene rings is 1. The highest BCUT2D eigenvalue weighted by molar-refractivity contribution is 5.75. The second-order valence-electron chi connectivity index (χ2n) is 6.63. The molecule has 0 radical (unpaired) electrons.